The Labute approximate surface area is 125 Å². The maximum absolute atomic E-state index is 11.1. The molecule has 2 aromatic carbocycles. The van der Waals surface area contributed by atoms with Gasteiger partial charge in [-0.05, 0) is 43.2 Å². The zero-order chi connectivity index (χ0) is 15.1. The van der Waals surface area contributed by atoms with E-state index in [2.05, 4.69) is 35.6 Å². The molecule has 0 aliphatic heterocycles. The third kappa shape index (κ3) is 4.81. The Hall–Kier alpha value is -2.53. The van der Waals surface area contributed by atoms with E-state index in [4.69, 9.17) is 0 Å². The van der Waals surface area contributed by atoms with Crippen LogP contribution >= 0.6 is 0 Å². The third-order valence-corrected chi connectivity index (χ3v) is 3.20. The Bertz CT molecular complexity index is 655. The fourth-order valence-corrected chi connectivity index (χ4v) is 1.88. The smallest absolute Gasteiger partial charge is 0.305 e. The maximum atomic E-state index is 11.1. The largest absolute Gasteiger partial charge is 0.469 e. The second kappa shape index (κ2) is 7.31. The number of rotatable bonds is 3. The quantitative estimate of drug-likeness (QED) is 0.634. The molecular formula is C19H18O2. The van der Waals surface area contributed by atoms with Gasteiger partial charge < -0.3 is 4.74 Å². The minimum Gasteiger partial charge on any atom is -0.469 e. The second-order valence-electron chi connectivity index (χ2n) is 4.89. The van der Waals surface area contributed by atoms with Gasteiger partial charge in [-0.15, -0.1) is 0 Å². The van der Waals surface area contributed by atoms with Crippen molar-refractivity contribution in [3.05, 3.63) is 70.8 Å². The molecule has 0 aromatic heterocycles. The van der Waals surface area contributed by atoms with Crippen LogP contribution in [0.15, 0.2) is 48.5 Å². The standard InChI is InChI=1S/C19H18O2/c1-15-3-5-16(6-4-15)7-8-17-9-11-18(12-10-17)13-14-19(20)21-2/h3-6,9-12H,13-14H2,1-2H3. The Balaban J connectivity index is 1.99. The molecule has 0 spiro atoms. The van der Waals surface area contributed by atoms with Crippen LogP contribution in [0.1, 0.15) is 28.7 Å². The summed E-state index contributed by atoms with van der Waals surface area (Å²) < 4.78 is 4.63. The molecule has 2 heteroatoms. The fourth-order valence-electron chi connectivity index (χ4n) is 1.88. The number of methoxy groups -OCH3 is 1. The van der Waals surface area contributed by atoms with E-state index >= 15 is 0 Å². The molecule has 0 fully saturated rings. The zero-order valence-electron chi connectivity index (χ0n) is 12.3. The Morgan fingerprint density at radius 3 is 2.00 bits per heavy atom. The summed E-state index contributed by atoms with van der Waals surface area (Å²) in [5, 5.41) is 0. The highest BCUT2D eigenvalue weighted by Crippen LogP contribution is 2.07. The first kappa shape index (κ1) is 14.9. The van der Waals surface area contributed by atoms with Gasteiger partial charge in [-0.1, -0.05) is 41.7 Å². The predicted molar refractivity (Wildman–Crippen MR) is 83.9 cm³/mol. The summed E-state index contributed by atoms with van der Waals surface area (Å²) in [4.78, 5) is 11.1. The van der Waals surface area contributed by atoms with Crippen molar-refractivity contribution in [3.63, 3.8) is 0 Å². The summed E-state index contributed by atoms with van der Waals surface area (Å²) in [5.74, 6) is 6.10. The van der Waals surface area contributed by atoms with E-state index in [0.29, 0.717) is 12.8 Å². The molecule has 2 aromatic rings. The van der Waals surface area contributed by atoms with Crippen LogP contribution in [0.25, 0.3) is 0 Å². The first-order valence-corrected chi connectivity index (χ1v) is 6.92. The molecule has 0 saturated carbocycles. The molecule has 2 nitrogen and oxygen atoms in total. The molecule has 0 radical (unpaired) electrons. The molecule has 0 bridgehead atoms. The van der Waals surface area contributed by atoms with Gasteiger partial charge >= 0.3 is 5.97 Å². The third-order valence-electron chi connectivity index (χ3n) is 3.20. The van der Waals surface area contributed by atoms with Crippen molar-refractivity contribution in [1.82, 2.24) is 0 Å². The molecular weight excluding hydrogens is 260 g/mol. The molecule has 0 N–H and O–H groups in total. The SMILES string of the molecule is COC(=O)CCc1ccc(C#Cc2ccc(C)cc2)cc1. The van der Waals surface area contributed by atoms with Crippen LogP contribution in [-0.2, 0) is 16.0 Å². The van der Waals surface area contributed by atoms with Gasteiger partial charge in [0, 0.05) is 17.5 Å². The molecule has 0 saturated heterocycles. The lowest BCUT2D eigenvalue weighted by Gasteiger charge is -2.00. The summed E-state index contributed by atoms with van der Waals surface area (Å²) in [6, 6.07) is 16.1. The zero-order valence-corrected chi connectivity index (χ0v) is 12.3. The molecule has 0 atom stereocenters. The van der Waals surface area contributed by atoms with Crippen LogP contribution in [0, 0.1) is 18.8 Å². The highest BCUT2D eigenvalue weighted by molar-refractivity contribution is 5.69. The molecule has 0 aliphatic rings. The first-order chi connectivity index (χ1) is 10.2. The first-order valence-electron chi connectivity index (χ1n) is 6.92. The monoisotopic (exact) mass is 278 g/mol. The van der Waals surface area contributed by atoms with Gasteiger partial charge in [-0.25, -0.2) is 0 Å². The van der Waals surface area contributed by atoms with E-state index in [9.17, 15) is 4.79 Å². The van der Waals surface area contributed by atoms with Crippen molar-refractivity contribution in [1.29, 1.82) is 0 Å². The number of aryl methyl sites for hydroxylation is 2. The molecule has 0 aliphatic carbocycles. The van der Waals surface area contributed by atoms with Crippen LogP contribution < -0.4 is 0 Å². The molecule has 0 amide bonds. The fraction of sp³-hybridized carbons (Fsp3) is 0.211. The Morgan fingerprint density at radius 2 is 1.48 bits per heavy atom. The number of hydrogen-bond acceptors (Lipinski definition) is 2. The Kier molecular flexibility index (Phi) is 5.17. The lowest BCUT2D eigenvalue weighted by molar-refractivity contribution is -0.140. The molecule has 0 heterocycles. The van der Waals surface area contributed by atoms with E-state index in [1.807, 2.05) is 36.4 Å². The molecule has 0 unspecified atom stereocenters. The van der Waals surface area contributed by atoms with Gasteiger partial charge in [-0.3, -0.25) is 4.79 Å². The number of ether oxygens (including phenoxy) is 1. The van der Waals surface area contributed by atoms with Crippen molar-refractivity contribution in [2.75, 3.05) is 7.11 Å². The van der Waals surface area contributed by atoms with Crippen molar-refractivity contribution in [2.45, 2.75) is 19.8 Å². The van der Waals surface area contributed by atoms with Crippen molar-refractivity contribution < 1.29 is 9.53 Å². The van der Waals surface area contributed by atoms with Gasteiger partial charge in [0.05, 0.1) is 7.11 Å². The van der Waals surface area contributed by atoms with Crippen LogP contribution in [-0.4, -0.2) is 13.1 Å². The number of carbonyl (C=O) groups is 1. The lowest BCUT2D eigenvalue weighted by atomic mass is 10.1. The highest BCUT2D eigenvalue weighted by atomic mass is 16.5. The topological polar surface area (TPSA) is 26.3 Å². The van der Waals surface area contributed by atoms with Crippen molar-refractivity contribution in [2.24, 2.45) is 0 Å². The van der Waals surface area contributed by atoms with Gasteiger partial charge in [0.1, 0.15) is 0 Å². The van der Waals surface area contributed by atoms with Gasteiger partial charge in [0.25, 0.3) is 0 Å². The minimum absolute atomic E-state index is 0.182. The average molecular weight is 278 g/mol. The molecule has 2 rings (SSSR count). The highest BCUT2D eigenvalue weighted by Gasteiger charge is 2.00. The lowest BCUT2D eigenvalue weighted by Crippen LogP contribution is -2.01. The van der Waals surface area contributed by atoms with E-state index in [-0.39, 0.29) is 5.97 Å². The van der Waals surface area contributed by atoms with Crippen molar-refractivity contribution in [3.8, 4) is 11.8 Å². The van der Waals surface area contributed by atoms with Gasteiger partial charge in [0.15, 0.2) is 0 Å². The van der Waals surface area contributed by atoms with E-state index in [1.165, 1.54) is 12.7 Å². The van der Waals surface area contributed by atoms with Gasteiger partial charge in [0.2, 0.25) is 0 Å². The van der Waals surface area contributed by atoms with E-state index < -0.39 is 0 Å². The summed E-state index contributed by atoms with van der Waals surface area (Å²) in [6.45, 7) is 2.06. The number of esters is 1. The van der Waals surface area contributed by atoms with Crippen LogP contribution in [0.4, 0.5) is 0 Å². The maximum Gasteiger partial charge on any atom is 0.305 e. The number of hydrogen-bond donors (Lipinski definition) is 0. The van der Waals surface area contributed by atoms with Crippen molar-refractivity contribution >= 4 is 5.97 Å². The normalized spacial score (nSPS) is 9.62. The second-order valence-corrected chi connectivity index (χ2v) is 4.89. The van der Waals surface area contributed by atoms with Crippen LogP contribution in [0.5, 0.6) is 0 Å². The number of benzene rings is 2. The summed E-state index contributed by atoms with van der Waals surface area (Å²) in [7, 11) is 1.41. The summed E-state index contributed by atoms with van der Waals surface area (Å²) in [5.41, 5.74) is 4.32. The minimum atomic E-state index is -0.182. The summed E-state index contributed by atoms with van der Waals surface area (Å²) >= 11 is 0. The average Bonchev–Trinajstić information content (AvgIpc) is 2.53. The number of carbonyl (C=O) groups excluding carboxylic acids is 1. The molecule has 106 valence electrons. The Morgan fingerprint density at radius 1 is 0.952 bits per heavy atom. The van der Waals surface area contributed by atoms with Gasteiger partial charge in [-0.2, -0.15) is 0 Å². The predicted octanol–water partition coefficient (Wildman–Crippen LogP) is 3.50. The van der Waals surface area contributed by atoms with Crippen LogP contribution in [0.2, 0.25) is 0 Å². The molecule has 21 heavy (non-hydrogen) atoms. The van der Waals surface area contributed by atoms with E-state index in [0.717, 1.165) is 16.7 Å². The van der Waals surface area contributed by atoms with Crippen LogP contribution in [0.3, 0.4) is 0 Å². The summed E-state index contributed by atoms with van der Waals surface area (Å²) in [6.07, 6.45) is 1.10. The van der Waals surface area contributed by atoms with E-state index in [1.54, 1.807) is 0 Å².